The lowest BCUT2D eigenvalue weighted by molar-refractivity contribution is -0.0180. The van der Waals surface area contributed by atoms with Gasteiger partial charge in [0.15, 0.2) is 0 Å². The molecule has 2 rings (SSSR count). The number of rotatable bonds is 7. The number of nitrogens with zero attached hydrogens (tertiary/aromatic N) is 2. The lowest BCUT2D eigenvalue weighted by Crippen LogP contribution is -2.45. The molecule has 1 fully saturated rings. The molecule has 0 aromatic heterocycles. The molecule has 1 heterocycles. The van der Waals surface area contributed by atoms with Gasteiger partial charge < -0.3 is 19.7 Å². The van der Waals surface area contributed by atoms with E-state index < -0.39 is 0 Å². The number of nitriles is 1. The molecule has 0 amide bonds. The number of nitrogens with one attached hydrogen (secondary N) is 1. The van der Waals surface area contributed by atoms with Crippen molar-refractivity contribution in [3.8, 4) is 11.8 Å². The summed E-state index contributed by atoms with van der Waals surface area (Å²) in [6.07, 6.45) is 1.24. The van der Waals surface area contributed by atoms with Gasteiger partial charge in [0, 0.05) is 19.6 Å². The van der Waals surface area contributed by atoms with E-state index in [1.165, 1.54) is 0 Å². The van der Waals surface area contributed by atoms with Crippen LogP contribution in [-0.4, -0.2) is 57.4 Å². The Morgan fingerprint density at radius 3 is 2.95 bits per heavy atom. The summed E-state index contributed by atoms with van der Waals surface area (Å²) in [4.78, 5) is 2.30. The molecule has 114 valence electrons. The van der Waals surface area contributed by atoms with Gasteiger partial charge in [0.2, 0.25) is 0 Å². The van der Waals surface area contributed by atoms with Crippen molar-refractivity contribution in [1.29, 1.82) is 5.26 Å². The fourth-order valence-electron chi connectivity index (χ4n) is 2.27. The Hall–Kier alpha value is -1.61. The molecule has 1 aliphatic heterocycles. The Balaban J connectivity index is 1.52. The minimum Gasteiger partial charge on any atom is -0.494 e. The molecule has 0 unspecified atom stereocenters. The zero-order valence-electron chi connectivity index (χ0n) is 12.5. The molecule has 0 spiro atoms. The third-order valence-corrected chi connectivity index (χ3v) is 3.46. The monoisotopic (exact) mass is 289 g/mol. The second kappa shape index (κ2) is 8.63. The van der Waals surface area contributed by atoms with Gasteiger partial charge >= 0.3 is 0 Å². The maximum absolute atomic E-state index is 8.71. The van der Waals surface area contributed by atoms with E-state index >= 15 is 0 Å². The quantitative estimate of drug-likeness (QED) is 0.766. The number of morpholine rings is 1. The van der Waals surface area contributed by atoms with Gasteiger partial charge in [-0.1, -0.05) is 0 Å². The van der Waals surface area contributed by atoms with Gasteiger partial charge in [-0.25, -0.2) is 0 Å². The van der Waals surface area contributed by atoms with E-state index in [1.54, 1.807) is 12.1 Å². The molecule has 5 heteroatoms. The van der Waals surface area contributed by atoms with Crippen LogP contribution in [-0.2, 0) is 4.74 Å². The Labute approximate surface area is 126 Å². The van der Waals surface area contributed by atoms with Gasteiger partial charge in [0.1, 0.15) is 5.75 Å². The van der Waals surface area contributed by atoms with Gasteiger partial charge in [-0.2, -0.15) is 5.26 Å². The molecule has 21 heavy (non-hydrogen) atoms. The van der Waals surface area contributed by atoms with E-state index in [1.807, 2.05) is 12.1 Å². The second-order valence-electron chi connectivity index (χ2n) is 5.30. The van der Waals surface area contributed by atoms with Crippen molar-refractivity contribution in [2.45, 2.75) is 12.5 Å². The number of benzene rings is 1. The van der Waals surface area contributed by atoms with Crippen LogP contribution in [0, 0.1) is 11.3 Å². The van der Waals surface area contributed by atoms with E-state index in [2.05, 4.69) is 23.3 Å². The first-order valence-electron chi connectivity index (χ1n) is 7.42. The van der Waals surface area contributed by atoms with E-state index in [-0.39, 0.29) is 0 Å². The van der Waals surface area contributed by atoms with Crippen LogP contribution in [0.4, 0.5) is 0 Å². The summed E-state index contributed by atoms with van der Waals surface area (Å²) in [6.45, 7) is 5.32. The van der Waals surface area contributed by atoms with E-state index in [0.717, 1.165) is 45.0 Å². The van der Waals surface area contributed by atoms with Gasteiger partial charge in [0.05, 0.1) is 31.0 Å². The van der Waals surface area contributed by atoms with Crippen molar-refractivity contribution in [3.05, 3.63) is 29.8 Å². The second-order valence-corrected chi connectivity index (χ2v) is 5.30. The summed E-state index contributed by atoms with van der Waals surface area (Å²) in [5, 5.41) is 12.1. The lowest BCUT2D eigenvalue weighted by atomic mass is 10.2. The van der Waals surface area contributed by atoms with Crippen LogP contribution in [0.1, 0.15) is 12.0 Å². The van der Waals surface area contributed by atoms with Gasteiger partial charge in [-0.05, 0) is 44.3 Å². The van der Waals surface area contributed by atoms with E-state index in [0.29, 0.717) is 18.3 Å². The summed E-state index contributed by atoms with van der Waals surface area (Å²) < 4.78 is 11.3. The molecular weight excluding hydrogens is 266 g/mol. The predicted molar refractivity (Wildman–Crippen MR) is 81.4 cm³/mol. The molecule has 1 saturated heterocycles. The van der Waals surface area contributed by atoms with E-state index in [4.69, 9.17) is 14.7 Å². The minimum absolute atomic E-state index is 0.295. The van der Waals surface area contributed by atoms with E-state index in [9.17, 15) is 0 Å². The van der Waals surface area contributed by atoms with Gasteiger partial charge in [-0.3, -0.25) is 0 Å². The summed E-state index contributed by atoms with van der Waals surface area (Å²) in [6, 6.07) is 9.29. The molecule has 0 saturated carbocycles. The molecule has 1 aromatic carbocycles. The SMILES string of the molecule is CN1CCO[C@@H](CNCCCOc2ccc(C#N)cc2)C1. The third-order valence-electron chi connectivity index (χ3n) is 3.46. The minimum atomic E-state index is 0.295. The summed E-state index contributed by atoms with van der Waals surface area (Å²) in [5.41, 5.74) is 0.654. The number of ether oxygens (including phenoxy) is 2. The smallest absolute Gasteiger partial charge is 0.119 e. The van der Waals surface area contributed by atoms with Crippen LogP contribution in [0.15, 0.2) is 24.3 Å². The molecule has 1 aliphatic rings. The number of likely N-dealkylation sites (N-methyl/N-ethyl adjacent to an activating group) is 1. The zero-order chi connectivity index (χ0) is 14.9. The van der Waals surface area contributed by atoms with Crippen molar-refractivity contribution in [2.24, 2.45) is 0 Å². The fraction of sp³-hybridized carbons (Fsp3) is 0.562. The molecule has 1 N–H and O–H groups in total. The molecule has 1 atom stereocenters. The molecule has 0 radical (unpaired) electrons. The summed E-state index contributed by atoms with van der Waals surface area (Å²) in [7, 11) is 2.13. The first kappa shape index (κ1) is 15.8. The summed E-state index contributed by atoms with van der Waals surface area (Å²) >= 11 is 0. The molecule has 0 bridgehead atoms. The topological polar surface area (TPSA) is 57.5 Å². The van der Waals surface area contributed by atoms with Crippen molar-refractivity contribution in [3.63, 3.8) is 0 Å². The number of hydrogen-bond donors (Lipinski definition) is 1. The predicted octanol–water partition coefficient (Wildman–Crippen LogP) is 1.25. The van der Waals surface area contributed by atoms with Crippen molar-refractivity contribution in [2.75, 3.05) is 46.4 Å². The highest BCUT2D eigenvalue weighted by atomic mass is 16.5. The van der Waals surface area contributed by atoms with Crippen LogP contribution in [0.2, 0.25) is 0 Å². The molecular formula is C16H23N3O2. The fourth-order valence-corrected chi connectivity index (χ4v) is 2.27. The van der Waals surface area contributed by atoms with Crippen LogP contribution < -0.4 is 10.1 Å². The maximum Gasteiger partial charge on any atom is 0.119 e. The van der Waals surface area contributed by atoms with Gasteiger partial charge in [0.25, 0.3) is 0 Å². The normalized spacial score (nSPS) is 19.1. The largest absolute Gasteiger partial charge is 0.494 e. The zero-order valence-corrected chi connectivity index (χ0v) is 12.5. The third kappa shape index (κ3) is 5.72. The van der Waals surface area contributed by atoms with Crippen molar-refractivity contribution >= 4 is 0 Å². The van der Waals surface area contributed by atoms with Crippen LogP contribution >= 0.6 is 0 Å². The Bertz CT molecular complexity index is 456. The molecule has 5 nitrogen and oxygen atoms in total. The highest BCUT2D eigenvalue weighted by molar-refractivity contribution is 5.34. The highest BCUT2D eigenvalue weighted by Gasteiger charge is 2.16. The first-order valence-corrected chi connectivity index (χ1v) is 7.42. The van der Waals surface area contributed by atoms with Gasteiger partial charge in [-0.15, -0.1) is 0 Å². The van der Waals surface area contributed by atoms with Crippen LogP contribution in [0.5, 0.6) is 5.75 Å². The lowest BCUT2D eigenvalue weighted by Gasteiger charge is -2.30. The van der Waals surface area contributed by atoms with Crippen LogP contribution in [0.25, 0.3) is 0 Å². The van der Waals surface area contributed by atoms with Crippen LogP contribution in [0.3, 0.4) is 0 Å². The Morgan fingerprint density at radius 1 is 1.43 bits per heavy atom. The maximum atomic E-state index is 8.71. The average Bonchev–Trinajstić information content (AvgIpc) is 2.51. The van der Waals surface area contributed by atoms with Crippen molar-refractivity contribution < 1.29 is 9.47 Å². The Kier molecular flexibility index (Phi) is 6.48. The number of hydrogen-bond acceptors (Lipinski definition) is 5. The Morgan fingerprint density at radius 2 is 2.24 bits per heavy atom. The molecule has 0 aliphatic carbocycles. The van der Waals surface area contributed by atoms with Crippen molar-refractivity contribution in [1.82, 2.24) is 10.2 Å². The molecule has 1 aromatic rings. The first-order chi connectivity index (χ1) is 10.3. The average molecular weight is 289 g/mol. The summed E-state index contributed by atoms with van der Waals surface area (Å²) in [5.74, 6) is 0.811. The standard InChI is InChI=1S/C16H23N3O2/c1-19-8-10-21-16(13-19)12-18-7-2-9-20-15-5-3-14(11-17)4-6-15/h3-6,16,18H,2,7-10,12-13H2,1H3/t16-/m0/s1. The highest BCUT2D eigenvalue weighted by Crippen LogP contribution is 2.11.